The maximum absolute atomic E-state index is 12.2. The van der Waals surface area contributed by atoms with E-state index in [1.54, 1.807) is 12.1 Å². The predicted octanol–water partition coefficient (Wildman–Crippen LogP) is 1.06. The van der Waals surface area contributed by atoms with Crippen molar-refractivity contribution in [2.45, 2.75) is 25.8 Å². The van der Waals surface area contributed by atoms with Gasteiger partial charge in [0.05, 0.1) is 25.0 Å². The second kappa shape index (κ2) is 9.55. The highest BCUT2D eigenvalue weighted by Crippen LogP contribution is 2.30. The van der Waals surface area contributed by atoms with Crippen molar-refractivity contribution >= 4 is 27.6 Å². The number of carbonyl (C=O) groups is 2. The summed E-state index contributed by atoms with van der Waals surface area (Å²) in [4.78, 5) is 23.9. The molecule has 1 saturated heterocycles. The molecule has 1 aromatic rings. The summed E-state index contributed by atoms with van der Waals surface area (Å²) in [7, 11) is -3.40. The van der Waals surface area contributed by atoms with Gasteiger partial charge < -0.3 is 20.7 Å². The first-order chi connectivity index (χ1) is 13.8. The molecule has 160 valence electrons. The SMILES string of the molecule is CC(NC(=O)NCCS(=O)(=O)N1CCOCC1)c1ccc(NC(=O)C2CC2)cc1. The van der Waals surface area contributed by atoms with Crippen molar-refractivity contribution in [3.63, 3.8) is 0 Å². The first-order valence-electron chi connectivity index (χ1n) is 9.86. The Balaban J connectivity index is 1.40. The highest BCUT2D eigenvalue weighted by atomic mass is 32.2. The number of hydrogen-bond acceptors (Lipinski definition) is 5. The molecule has 1 unspecified atom stereocenters. The largest absolute Gasteiger partial charge is 0.379 e. The van der Waals surface area contributed by atoms with Gasteiger partial charge in [0, 0.05) is 31.2 Å². The van der Waals surface area contributed by atoms with E-state index in [4.69, 9.17) is 4.74 Å². The van der Waals surface area contributed by atoms with E-state index in [9.17, 15) is 18.0 Å². The smallest absolute Gasteiger partial charge is 0.315 e. The third kappa shape index (κ3) is 6.41. The third-order valence-corrected chi connectivity index (χ3v) is 6.85. The normalized spacial score (nSPS) is 18.7. The van der Waals surface area contributed by atoms with Crippen molar-refractivity contribution in [3.05, 3.63) is 29.8 Å². The molecule has 3 rings (SSSR count). The standard InChI is InChI=1S/C19H28N4O5S/c1-14(15-4-6-17(7-5-15)22-18(24)16-2-3-16)21-19(25)20-8-13-29(26,27)23-9-11-28-12-10-23/h4-7,14,16H,2-3,8-13H2,1H3,(H,22,24)(H2,20,21,25). The minimum Gasteiger partial charge on any atom is -0.379 e. The Bertz CT molecular complexity index is 818. The van der Waals surface area contributed by atoms with Crippen LogP contribution in [0.1, 0.15) is 31.4 Å². The van der Waals surface area contributed by atoms with E-state index < -0.39 is 16.1 Å². The molecule has 2 aliphatic rings. The molecule has 0 aromatic heterocycles. The van der Waals surface area contributed by atoms with Crippen molar-refractivity contribution in [1.29, 1.82) is 0 Å². The average Bonchev–Trinajstić information content (AvgIpc) is 3.54. The second-order valence-corrected chi connectivity index (χ2v) is 9.42. The van der Waals surface area contributed by atoms with Crippen LogP contribution in [0.25, 0.3) is 0 Å². The molecular formula is C19H28N4O5S. The van der Waals surface area contributed by atoms with E-state index in [-0.39, 0.29) is 30.2 Å². The van der Waals surface area contributed by atoms with Crippen LogP contribution < -0.4 is 16.0 Å². The zero-order chi connectivity index (χ0) is 20.9. The molecule has 1 heterocycles. The van der Waals surface area contributed by atoms with Gasteiger partial charge in [0.15, 0.2) is 0 Å². The lowest BCUT2D eigenvalue weighted by Crippen LogP contribution is -2.45. The van der Waals surface area contributed by atoms with Crippen molar-refractivity contribution in [2.75, 3.05) is 43.9 Å². The Kier molecular flexibility index (Phi) is 7.09. The number of amides is 3. The van der Waals surface area contributed by atoms with Crippen molar-refractivity contribution in [2.24, 2.45) is 5.92 Å². The molecule has 1 atom stereocenters. The Hall–Kier alpha value is -2.17. The maximum atomic E-state index is 12.2. The van der Waals surface area contributed by atoms with Gasteiger partial charge in [-0.05, 0) is 37.5 Å². The van der Waals surface area contributed by atoms with Gasteiger partial charge in [0.2, 0.25) is 15.9 Å². The fraction of sp³-hybridized carbons (Fsp3) is 0.579. The zero-order valence-electron chi connectivity index (χ0n) is 16.5. The first kappa shape index (κ1) is 21.5. The van der Waals surface area contributed by atoms with Crippen LogP contribution in [0.3, 0.4) is 0 Å². The number of benzene rings is 1. The number of rotatable bonds is 8. The van der Waals surface area contributed by atoms with E-state index in [2.05, 4.69) is 16.0 Å². The van der Waals surface area contributed by atoms with Gasteiger partial charge in [-0.2, -0.15) is 4.31 Å². The van der Waals surface area contributed by atoms with Crippen LogP contribution in [0, 0.1) is 5.92 Å². The van der Waals surface area contributed by atoms with Gasteiger partial charge in [0.25, 0.3) is 0 Å². The van der Waals surface area contributed by atoms with E-state index in [1.165, 1.54) is 4.31 Å². The summed E-state index contributed by atoms with van der Waals surface area (Å²) < 4.78 is 31.0. The minimum absolute atomic E-state index is 0.0321. The summed E-state index contributed by atoms with van der Waals surface area (Å²) in [5.74, 6) is 0.0471. The third-order valence-electron chi connectivity index (χ3n) is 4.98. The number of sulfonamides is 1. The lowest BCUT2D eigenvalue weighted by atomic mass is 10.1. The Labute approximate surface area is 171 Å². The van der Waals surface area contributed by atoms with Gasteiger partial charge >= 0.3 is 6.03 Å². The first-order valence-corrected chi connectivity index (χ1v) is 11.5. The number of urea groups is 1. The van der Waals surface area contributed by atoms with Crippen molar-refractivity contribution < 1.29 is 22.7 Å². The summed E-state index contributed by atoms with van der Waals surface area (Å²) in [5, 5.41) is 8.25. The molecule has 0 radical (unpaired) electrons. The molecular weight excluding hydrogens is 396 g/mol. The van der Waals surface area contributed by atoms with E-state index >= 15 is 0 Å². The molecule has 1 aliphatic carbocycles. The second-order valence-electron chi connectivity index (χ2n) is 7.33. The maximum Gasteiger partial charge on any atom is 0.315 e. The monoisotopic (exact) mass is 424 g/mol. The van der Waals surface area contributed by atoms with Crippen LogP contribution in [0.5, 0.6) is 0 Å². The van der Waals surface area contributed by atoms with Crippen molar-refractivity contribution in [3.8, 4) is 0 Å². The van der Waals surface area contributed by atoms with Crippen LogP contribution in [-0.4, -0.2) is 63.3 Å². The van der Waals surface area contributed by atoms with E-state index in [0.717, 1.165) is 24.1 Å². The molecule has 1 saturated carbocycles. The number of carbonyl (C=O) groups excluding carboxylic acids is 2. The Morgan fingerprint density at radius 1 is 1.17 bits per heavy atom. The number of nitrogens with zero attached hydrogens (tertiary/aromatic N) is 1. The number of morpholine rings is 1. The summed E-state index contributed by atoms with van der Waals surface area (Å²) in [5.41, 5.74) is 1.61. The topological polar surface area (TPSA) is 117 Å². The number of anilines is 1. The molecule has 3 amide bonds. The highest BCUT2D eigenvalue weighted by molar-refractivity contribution is 7.89. The molecule has 2 fully saturated rings. The Morgan fingerprint density at radius 2 is 1.83 bits per heavy atom. The van der Waals surface area contributed by atoms with Crippen LogP contribution in [-0.2, 0) is 19.6 Å². The molecule has 29 heavy (non-hydrogen) atoms. The zero-order valence-corrected chi connectivity index (χ0v) is 17.3. The van der Waals surface area contributed by atoms with Gasteiger partial charge in [-0.25, -0.2) is 13.2 Å². The lowest BCUT2D eigenvalue weighted by molar-refractivity contribution is -0.117. The lowest BCUT2D eigenvalue weighted by Gasteiger charge is -2.26. The van der Waals surface area contributed by atoms with Gasteiger partial charge in [-0.1, -0.05) is 12.1 Å². The number of ether oxygens (including phenoxy) is 1. The molecule has 3 N–H and O–H groups in total. The van der Waals surface area contributed by atoms with E-state index in [1.807, 2.05) is 19.1 Å². The molecule has 9 nitrogen and oxygen atoms in total. The summed E-state index contributed by atoms with van der Waals surface area (Å²) in [6, 6.07) is 6.60. The van der Waals surface area contributed by atoms with Crippen LogP contribution in [0.4, 0.5) is 10.5 Å². The van der Waals surface area contributed by atoms with Crippen molar-refractivity contribution in [1.82, 2.24) is 14.9 Å². The molecule has 0 bridgehead atoms. The summed E-state index contributed by atoms with van der Waals surface area (Å²) in [6.07, 6.45) is 1.90. The highest BCUT2D eigenvalue weighted by Gasteiger charge is 2.29. The fourth-order valence-corrected chi connectivity index (χ4v) is 4.35. The molecule has 1 aliphatic heterocycles. The summed E-state index contributed by atoms with van der Waals surface area (Å²) >= 11 is 0. The molecule has 1 aromatic carbocycles. The quantitative estimate of drug-likeness (QED) is 0.577. The number of hydrogen-bond donors (Lipinski definition) is 3. The molecule has 0 spiro atoms. The van der Waals surface area contributed by atoms with Gasteiger partial charge in [0.1, 0.15) is 0 Å². The average molecular weight is 425 g/mol. The number of nitrogens with one attached hydrogen (secondary N) is 3. The van der Waals surface area contributed by atoms with Gasteiger partial charge in [-0.3, -0.25) is 4.79 Å². The predicted molar refractivity (Wildman–Crippen MR) is 109 cm³/mol. The van der Waals surface area contributed by atoms with E-state index in [0.29, 0.717) is 26.3 Å². The van der Waals surface area contributed by atoms with Crippen LogP contribution in [0.15, 0.2) is 24.3 Å². The minimum atomic E-state index is -3.40. The van der Waals surface area contributed by atoms with Gasteiger partial charge in [-0.15, -0.1) is 0 Å². The molecule has 10 heteroatoms. The summed E-state index contributed by atoms with van der Waals surface area (Å²) in [6.45, 7) is 3.36. The van der Waals surface area contributed by atoms with Crippen LogP contribution >= 0.6 is 0 Å². The Morgan fingerprint density at radius 3 is 2.45 bits per heavy atom. The fourth-order valence-electron chi connectivity index (χ4n) is 3.02. The van der Waals surface area contributed by atoms with Crippen LogP contribution in [0.2, 0.25) is 0 Å².